The van der Waals surface area contributed by atoms with Crippen LogP contribution < -0.4 is 14.2 Å². The molecule has 134 valence electrons. The van der Waals surface area contributed by atoms with Crippen LogP contribution in [-0.2, 0) is 9.53 Å². The van der Waals surface area contributed by atoms with E-state index >= 15 is 0 Å². The number of carbonyl (C=O) groups is 1. The molecule has 0 bridgehead atoms. The van der Waals surface area contributed by atoms with E-state index in [4.69, 9.17) is 18.9 Å². The molecule has 2 aromatic rings. The predicted octanol–water partition coefficient (Wildman–Crippen LogP) is 3.82. The average Bonchev–Trinajstić information content (AvgIpc) is 3.02. The summed E-state index contributed by atoms with van der Waals surface area (Å²) in [5, 5.41) is 0. The van der Waals surface area contributed by atoms with Gasteiger partial charge in [-0.25, -0.2) is 9.79 Å². The first-order valence-electron chi connectivity index (χ1n) is 7.64. The molecular weight excluding hydrogens is 402 g/mol. The minimum absolute atomic E-state index is 0.189. The van der Waals surface area contributed by atoms with Crippen molar-refractivity contribution in [2.75, 3.05) is 21.3 Å². The lowest BCUT2D eigenvalue weighted by Gasteiger charge is -2.07. The number of hydrogen-bond donors (Lipinski definition) is 0. The fourth-order valence-corrected chi connectivity index (χ4v) is 2.83. The van der Waals surface area contributed by atoms with Gasteiger partial charge in [0.15, 0.2) is 17.2 Å². The maximum atomic E-state index is 12.2. The second kappa shape index (κ2) is 7.61. The Balaban J connectivity index is 1.98. The predicted molar refractivity (Wildman–Crippen MR) is 101 cm³/mol. The van der Waals surface area contributed by atoms with Crippen LogP contribution in [0.25, 0.3) is 6.08 Å². The number of nitrogens with zero attached hydrogens (tertiary/aromatic N) is 1. The lowest BCUT2D eigenvalue weighted by atomic mass is 10.1. The Bertz CT molecular complexity index is 920. The van der Waals surface area contributed by atoms with E-state index in [1.165, 1.54) is 0 Å². The molecule has 0 saturated heterocycles. The smallest absolute Gasteiger partial charge is 0.363 e. The highest BCUT2D eigenvalue weighted by Gasteiger charge is 2.26. The SMILES string of the molecule is COc1ccc(C=C2N=C(c3cc(Br)ccc3OC)OC2=O)cc1OC. The molecule has 0 saturated carbocycles. The Hall–Kier alpha value is -2.80. The normalized spacial score (nSPS) is 14.8. The lowest BCUT2D eigenvalue weighted by Crippen LogP contribution is -2.07. The molecule has 0 unspecified atom stereocenters. The summed E-state index contributed by atoms with van der Waals surface area (Å²) >= 11 is 3.39. The van der Waals surface area contributed by atoms with Crippen molar-refractivity contribution in [3.05, 3.63) is 57.7 Å². The number of aliphatic imine (C=N–C) groups is 1. The molecule has 0 amide bonds. The van der Waals surface area contributed by atoms with Gasteiger partial charge in [0.2, 0.25) is 5.90 Å². The third kappa shape index (κ3) is 3.57. The van der Waals surface area contributed by atoms with E-state index in [0.29, 0.717) is 22.8 Å². The largest absolute Gasteiger partial charge is 0.496 e. The summed E-state index contributed by atoms with van der Waals surface area (Å²) in [4.78, 5) is 16.5. The number of esters is 1. The Kier molecular flexibility index (Phi) is 5.27. The van der Waals surface area contributed by atoms with Crippen molar-refractivity contribution in [3.8, 4) is 17.2 Å². The summed E-state index contributed by atoms with van der Waals surface area (Å²) in [6.45, 7) is 0. The molecule has 6 nitrogen and oxygen atoms in total. The summed E-state index contributed by atoms with van der Waals surface area (Å²) < 4.78 is 21.9. The van der Waals surface area contributed by atoms with Crippen molar-refractivity contribution < 1.29 is 23.7 Å². The Morgan fingerprint density at radius 1 is 0.962 bits per heavy atom. The van der Waals surface area contributed by atoms with Crippen LogP contribution in [0.1, 0.15) is 11.1 Å². The van der Waals surface area contributed by atoms with E-state index in [0.717, 1.165) is 10.0 Å². The van der Waals surface area contributed by atoms with Crippen molar-refractivity contribution in [2.45, 2.75) is 0 Å². The van der Waals surface area contributed by atoms with Gasteiger partial charge < -0.3 is 18.9 Å². The number of carbonyl (C=O) groups excluding carboxylic acids is 1. The summed E-state index contributed by atoms with van der Waals surface area (Å²) in [5.41, 5.74) is 1.51. The van der Waals surface area contributed by atoms with Crippen LogP contribution in [-0.4, -0.2) is 33.2 Å². The summed E-state index contributed by atoms with van der Waals surface area (Å²) in [7, 11) is 4.66. The molecule has 7 heteroatoms. The molecule has 26 heavy (non-hydrogen) atoms. The van der Waals surface area contributed by atoms with Gasteiger partial charge in [-0.05, 0) is 42.0 Å². The molecule has 1 heterocycles. The minimum Gasteiger partial charge on any atom is -0.496 e. The molecule has 1 aliphatic heterocycles. The van der Waals surface area contributed by atoms with Crippen molar-refractivity contribution in [3.63, 3.8) is 0 Å². The number of hydrogen-bond acceptors (Lipinski definition) is 6. The molecule has 0 spiro atoms. The highest BCUT2D eigenvalue weighted by molar-refractivity contribution is 9.10. The second-order valence-corrected chi connectivity index (χ2v) is 6.21. The number of halogens is 1. The molecule has 0 aromatic heterocycles. The molecule has 0 aliphatic carbocycles. The minimum atomic E-state index is -0.531. The van der Waals surface area contributed by atoms with Gasteiger partial charge in [-0.2, -0.15) is 0 Å². The quantitative estimate of drug-likeness (QED) is 0.546. The van der Waals surface area contributed by atoms with Crippen LogP contribution in [0.4, 0.5) is 0 Å². The summed E-state index contributed by atoms with van der Waals surface area (Å²) in [5.74, 6) is 1.39. The highest BCUT2D eigenvalue weighted by atomic mass is 79.9. The number of methoxy groups -OCH3 is 3. The van der Waals surface area contributed by atoms with Crippen LogP contribution in [0.15, 0.2) is 51.6 Å². The van der Waals surface area contributed by atoms with Gasteiger partial charge >= 0.3 is 5.97 Å². The first kappa shape index (κ1) is 18.0. The average molecular weight is 418 g/mol. The summed E-state index contributed by atoms with van der Waals surface area (Å²) in [6, 6.07) is 10.7. The van der Waals surface area contributed by atoms with E-state index in [9.17, 15) is 4.79 Å². The van der Waals surface area contributed by atoms with Crippen LogP contribution in [0.5, 0.6) is 17.2 Å². The molecule has 2 aromatic carbocycles. The zero-order chi connectivity index (χ0) is 18.7. The van der Waals surface area contributed by atoms with Crippen LogP contribution in [0.2, 0.25) is 0 Å². The maximum absolute atomic E-state index is 12.2. The van der Waals surface area contributed by atoms with E-state index < -0.39 is 5.97 Å². The van der Waals surface area contributed by atoms with Crippen LogP contribution >= 0.6 is 15.9 Å². The third-order valence-electron chi connectivity index (χ3n) is 3.72. The number of rotatable bonds is 5. The number of ether oxygens (including phenoxy) is 4. The second-order valence-electron chi connectivity index (χ2n) is 5.30. The molecule has 1 aliphatic rings. The first-order chi connectivity index (χ1) is 12.5. The molecule has 0 atom stereocenters. The van der Waals surface area contributed by atoms with Crippen molar-refractivity contribution in [1.82, 2.24) is 0 Å². The van der Waals surface area contributed by atoms with E-state index in [1.807, 2.05) is 6.07 Å². The maximum Gasteiger partial charge on any atom is 0.363 e. The lowest BCUT2D eigenvalue weighted by molar-refractivity contribution is -0.129. The topological polar surface area (TPSA) is 66.3 Å². The van der Waals surface area contributed by atoms with Crippen molar-refractivity contribution >= 4 is 33.9 Å². The standard InChI is InChI=1S/C19H16BrNO5/c1-23-15-7-5-12(20)10-13(15)18-21-14(19(22)26-18)8-11-4-6-16(24-2)17(9-11)25-3/h4-10H,1-3H3. The highest BCUT2D eigenvalue weighted by Crippen LogP contribution is 2.30. The summed E-state index contributed by atoms with van der Waals surface area (Å²) in [6.07, 6.45) is 1.63. The zero-order valence-corrected chi connectivity index (χ0v) is 16.0. The van der Waals surface area contributed by atoms with Gasteiger partial charge in [-0.3, -0.25) is 0 Å². The van der Waals surface area contributed by atoms with Gasteiger partial charge in [-0.1, -0.05) is 22.0 Å². The monoisotopic (exact) mass is 417 g/mol. The van der Waals surface area contributed by atoms with Gasteiger partial charge in [0.25, 0.3) is 0 Å². The zero-order valence-electron chi connectivity index (χ0n) is 14.4. The van der Waals surface area contributed by atoms with Crippen LogP contribution in [0, 0.1) is 0 Å². The van der Waals surface area contributed by atoms with Gasteiger partial charge in [-0.15, -0.1) is 0 Å². The van der Waals surface area contributed by atoms with Gasteiger partial charge in [0.1, 0.15) is 5.75 Å². The van der Waals surface area contributed by atoms with E-state index in [2.05, 4.69) is 20.9 Å². The van der Waals surface area contributed by atoms with E-state index in [-0.39, 0.29) is 11.6 Å². The molecular formula is C19H16BrNO5. The molecule has 0 fully saturated rings. The fourth-order valence-electron chi connectivity index (χ4n) is 2.47. The Morgan fingerprint density at radius 3 is 2.35 bits per heavy atom. The third-order valence-corrected chi connectivity index (χ3v) is 4.22. The Labute approximate surface area is 159 Å². The number of benzene rings is 2. The number of cyclic esters (lactones) is 1. The first-order valence-corrected chi connectivity index (χ1v) is 8.43. The van der Waals surface area contributed by atoms with Crippen molar-refractivity contribution in [1.29, 1.82) is 0 Å². The molecule has 0 N–H and O–H groups in total. The Morgan fingerprint density at radius 2 is 1.65 bits per heavy atom. The van der Waals surface area contributed by atoms with E-state index in [1.54, 1.807) is 57.7 Å². The van der Waals surface area contributed by atoms with Gasteiger partial charge in [0, 0.05) is 4.47 Å². The van der Waals surface area contributed by atoms with Crippen LogP contribution in [0.3, 0.4) is 0 Å². The van der Waals surface area contributed by atoms with Gasteiger partial charge in [0.05, 0.1) is 26.9 Å². The molecule has 0 radical (unpaired) electrons. The molecule has 3 rings (SSSR count). The fraction of sp³-hybridized carbons (Fsp3) is 0.158. The van der Waals surface area contributed by atoms with Crippen molar-refractivity contribution in [2.24, 2.45) is 4.99 Å².